The number of carbonyl (C=O) groups excluding carboxylic acids is 1. The number of likely N-dealkylation sites (tertiary alicyclic amines) is 1. The van der Waals surface area contributed by atoms with Crippen molar-refractivity contribution in [2.75, 3.05) is 18.4 Å². The van der Waals surface area contributed by atoms with E-state index in [9.17, 15) is 13.6 Å². The van der Waals surface area contributed by atoms with E-state index in [2.05, 4.69) is 26.7 Å². The third kappa shape index (κ3) is 5.28. The predicted molar refractivity (Wildman–Crippen MR) is 104 cm³/mol. The topological polar surface area (TPSA) is 62.2 Å². The molecule has 0 aliphatic carbocycles. The largest absolute Gasteiger partial charge is 0.334 e. The molecule has 28 heavy (non-hydrogen) atoms. The smallest absolute Gasteiger partial charge is 0.319 e. The van der Waals surface area contributed by atoms with E-state index >= 15 is 0 Å². The van der Waals surface area contributed by atoms with Crippen molar-refractivity contribution >= 4 is 11.7 Å². The number of aryl methyl sites for hydroxylation is 1. The molecule has 8 heteroatoms. The van der Waals surface area contributed by atoms with Crippen LogP contribution in [0.5, 0.6) is 0 Å². The molecule has 6 nitrogen and oxygen atoms in total. The Morgan fingerprint density at radius 2 is 1.82 bits per heavy atom. The van der Waals surface area contributed by atoms with E-state index in [-0.39, 0.29) is 11.4 Å². The van der Waals surface area contributed by atoms with Gasteiger partial charge in [0.2, 0.25) is 0 Å². The molecule has 1 aromatic heterocycles. The molecule has 2 aromatic rings. The molecule has 0 bridgehead atoms. The molecule has 1 fully saturated rings. The second-order valence-corrected chi connectivity index (χ2v) is 7.13. The molecular formula is C20H27F2N5O. The summed E-state index contributed by atoms with van der Waals surface area (Å²) < 4.78 is 27.2. The zero-order valence-electron chi connectivity index (χ0n) is 16.1. The van der Waals surface area contributed by atoms with Gasteiger partial charge < -0.3 is 10.6 Å². The van der Waals surface area contributed by atoms with E-state index in [1.807, 2.05) is 18.2 Å². The van der Waals surface area contributed by atoms with E-state index in [0.29, 0.717) is 6.54 Å². The maximum atomic E-state index is 13.1. The van der Waals surface area contributed by atoms with Gasteiger partial charge in [0.05, 0.1) is 11.9 Å². The van der Waals surface area contributed by atoms with Crippen molar-refractivity contribution < 1.29 is 13.6 Å². The Bertz CT molecular complexity index is 785. The Balaban J connectivity index is 1.59. The molecule has 0 atom stereocenters. The number of anilines is 1. The quantitative estimate of drug-likeness (QED) is 0.781. The van der Waals surface area contributed by atoms with Crippen LogP contribution in [0.1, 0.15) is 48.9 Å². The fourth-order valence-electron chi connectivity index (χ4n) is 3.56. The van der Waals surface area contributed by atoms with Gasteiger partial charge in [0.1, 0.15) is 5.69 Å². The molecular weight excluding hydrogens is 364 g/mol. The molecule has 0 unspecified atom stereocenters. The zero-order valence-corrected chi connectivity index (χ0v) is 16.1. The van der Waals surface area contributed by atoms with Crippen molar-refractivity contribution in [3.63, 3.8) is 0 Å². The Hall–Kier alpha value is -2.48. The van der Waals surface area contributed by atoms with E-state index in [0.717, 1.165) is 29.9 Å². The maximum Gasteiger partial charge on any atom is 0.319 e. The Kier molecular flexibility index (Phi) is 6.97. The summed E-state index contributed by atoms with van der Waals surface area (Å²) in [5, 5.41) is 9.02. The summed E-state index contributed by atoms with van der Waals surface area (Å²) >= 11 is 0. The molecule has 1 aromatic carbocycles. The van der Waals surface area contributed by atoms with Crippen LogP contribution in [0.3, 0.4) is 0 Å². The summed E-state index contributed by atoms with van der Waals surface area (Å²) in [6.07, 6.45) is 3.54. The number of hydrogen-bond acceptors (Lipinski definition) is 3. The second kappa shape index (κ2) is 9.64. The fraction of sp³-hybridized carbons (Fsp3) is 0.500. The minimum Gasteiger partial charge on any atom is -0.334 e. The lowest BCUT2D eigenvalue weighted by Gasteiger charge is -2.21. The number of nitrogens with one attached hydrogen (secondary N) is 2. The van der Waals surface area contributed by atoms with E-state index in [1.165, 1.54) is 44.5 Å². The molecule has 0 spiro atoms. The molecule has 1 aliphatic rings. The number of amides is 2. The molecule has 3 rings (SSSR count). The zero-order chi connectivity index (χ0) is 19.9. The lowest BCUT2D eigenvalue weighted by atomic mass is 10.1. The Morgan fingerprint density at radius 3 is 2.50 bits per heavy atom. The summed E-state index contributed by atoms with van der Waals surface area (Å²) in [5.41, 5.74) is 1.92. The number of rotatable bonds is 6. The van der Waals surface area contributed by atoms with Gasteiger partial charge in [-0.15, -0.1) is 0 Å². The monoisotopic (exact) mass is 391 g/mol. The van der Waals surface area contributed by atoms with Crippen LogP contribution in [0, 0.1) is 0 Å². The molecule has 1 aliphatic heterocycles. The number of halogens is 2. The molecule has 2 heterocycles. The highest BCUT2D eigenvalue weighted by atomic mass is 19.3. The molecule has 1 saturated heterocycles. The van der Waals surface area contributed by atoms with Gasteiger partial charge >= 0.3 is 6.03 Å². The number of benzene rings is 1. The third-order valence-electron chi connectivity index (χ3n) is 5.09. The highest BCUT2D eigenvalue weighted by Crippen LogP contribution is 2.26. The van der Waals surface area contributed by atoms with Gasteiger partial charge in [0.25, 0.3) is 6.43 Å². The first kappa shape index (κ1) is 20.3. The lowest BCUT2D eigenvalue weighted by molar-refractivity contribution is 0.141. The van der Waals surface area contributed by atoms with Crippen molar-refractivity contribution in [3.8, 4) is 0 Å². The minimum atomic E-state index is -2.71. The summed E-state index contributed by atoms with van der Waals surface area (Å²) in [7, 11) is 1.42. The lowest BCUT2D eigenvalue weighted by Crippen LogP contribution is -2.30. The first-order valence-corrected chi connectivity index (χ1v) is 9.68. The fourth-order valence-corrected chi connectivity index (χ4v) is 3.56. The predicted octanol–water partition coefficient (Wildman–Crippen LogP) is 4.06. The normalized spacial score (nSPS) is 15.4. The van der Waals surface area contributed by atoms with Crippen LogP contribution < -0.4 is 10.6 Å². The van der Waals surface area contributed by atoms with Crippen molar-refractivity contribution in [1.29, 1.82) is 0 Å². The number of hydrogen-bond donors (Lipinski definition) is 2. The first-order chi connectivity index (χ1) is 13.5. The van der Waals surface area contributed by atoms with E-state index < -0.39 is 12.5 Å². The van der Waals surface area contributed by atoms with Crippen LogP contribution in [0.2, 0.25) is 0 Å². The van der Waals surface area contributed by atoms with Crippen LogP contribution in [-0.4, -0.2) is 33.8 Å². The number of alkyl halides is 2. The summed E-state index contributed by atoms with van der Waals surface area (Å²) in [5.74, 6) is 0. The first-order valence-electron chi connectivity index (χ1n) is 9.68. The number of aromatic nitrogens is 2. The molecule has 152 valence electrons. The van der Waals surface area contributed by atoms with Crippen LogP contribution >= 0.6 is 0 Å². The number of carbonyl (C=O) groups is 1. The summed E-state index contributed by atoms with van der Waals surface area (Å²) in [6, 6.07) is 7.48. The molecule has 0 saturated carbocycles. The number of urea groups is 1. The number of nitrogens with zero attached hydrogens (tertiary/aromatic N) is 3. The Morgan fingerprint density at radius 1 is 1.14 bits per heavy atom. The second-order valence-electron chi connectivity index (χ2n) is 7.13. The molecule has 2 N–H and O–H groups in total. The van der Waals surface area contributed by atoms with Gasteiger partial charge in [-0.2, -0.15) is 5.10 Å². The van der Waals surface area contributed by atoms with Gasteiger partial charge in [0, 0.05) is 20.1 Å². The Labute approximate surface area is 163 Å². The SMILES string of the molecule is Cn1ncc(NC(=O)NCc2ccccc2CN2CCCCCC2)c1C(F)F. The van der Waals surface area contributed by atoms with E-state index in [1.54, 1.807) is 0 Å². The highest BCUT2D eigenvalue weighted by molar-refractivity contribution is 5.89. The molecule has 0 radical (unpaired) electrons. The van der Waals surface area contributed by atoms with Crippen molar-refractivity contribution in [2.45, 2.75) is 45.2 Å². The molecule has 2 amide bonds. The third-order valence-corrected chi connectivity index (χ3v) is 5.09. The van der Waals surface area contributed by atoms with Crippen LogP contribution in [0.4, 0.5) is 19.3 Å². The standard InChI is InChI=1S/C20H27F2N5O/c1-26-18(19(21)22)17(13-24-26)25-20(28)23-12-15-8-4-5-9-16(15)14-27-10-6-2-3-7-11-27/h4-5,8-9,13,19H,2-3,6-7,10-12,14H2,1H3,(H2,23,25,28). The van der Waals surface area contributed by atoms with Gasteiger partial charge in [-0.05, 0) is 37.1 Å². The van der Waals surface area contributed by atoms with Crippen LogP contribution in [0.25, 0.3) is 0 Å². The summed E-state index contributed by atoms with van der Waals surface area (Å²) in [4.78, 5) is 14.7. The van der Waals surface area contributed by atoms with Gasteiger partial charge in [-0.1, -0.05) is 37.1 Å². The van der Waals surface area contributed by atoms with Crippen molar-refractivity contribution in [2.24, 2.45) is 7.05 Å². The van der Waals surface area contributed by atoms with Gasteiger partial charge in [0.15, 0.2) is 0 Å². The van der Waals surface area contributed by atoms with Crippen LogP contribution in [-0.2, 0) is 20.1 Å². The van der Waals surface area contributed by atoms with Crippen molar-refractivity contribution in [1.82, 2.24) is 20.0 Å². The minimum absolute atomic E-state index is 0.0212. The average molecular weight is 391 g/mol. The maximum absolute atomic E-state index is 13.1. The highest BCUT2D eigenvalue weighted by Gasteiger charge is 2.20. The average Bonchev–Trinajstić information content (AvgIpc) is 2.86. The van der Waals surface area contributed by atoms with Gasteiger partial charge in [-0.3, -0.25) is 9.58 Å². The van der Waals surface area contributed by atoms with Crippen molar-refractivity contribution in [3.05, 3.63) is 47.3 Å². The summed E-state index contributed by atoms with van der Waals surface area (Å²) in [6.45, 7) is 3.39. The van der Waals surface area contributed by atoms with Gasteiger partial charge in [-0.25, -0.2) is 13.6 Å². The van der Waals surface area contributed by atoms with E-state index in [4.69, 9.17) is 0 Å². The van der Waals surface area contributed by atoms with Crippen LogP contribution in [0.15, 0.2) is 30.5 Å².